The first-order valence-electron chi connectivity index (χ1n) is 8.20. The topological polar surface area (TPSA) is 35.2 Å². The summed E-state index contributed by atoms with van der Waals surface area (Å²) < 4.78 is 6.39. The third kappa shape index (κ3) is 4.24. The minimum atomic E-state index is 0.285. The van der Waals surface area contributed by atoms with E-state index in [0.717, 1.165) is 12.3 Å². The van der Waals surface area contributed by atoms with Gasteiger partial charge in [0.2, 0.25) is 0 Å². The van der Waals surface area contributed by atoms with Crippen molar-refractivity contribution in [2.75, 3.05) is 0 Å². The summed E-state index contributed by atoms with van der Waals surface area (Å²) in [6.45, 7) is 2.31. The smallest absolute Gasteiger partial charge is 0.0729 e. The second-order valence-electron chi connectivity index (χ2n) is 6.39. The van der Waals surface area contributed by atoms with E-state index < -0.39 is 0 Å². The number of rotatable bonds is 3. The van der Waals surface area contributed by atoms with Gasteiger partial charge < -0.3 is 10.5 Å². The van der Waals surface area contributed by atoms with Crippen LogP contribution in [0.25, 0.3) is 0 Å². The molecule has 2 fully saturated rings. The van der Waals surface area contributed by atoms with E-state index in [1.54, 1.807) is 0 Å². The summed E-state index contributed by atoms with van der Waals surface area (Å²) in [7, 11) is 0. The van der Waals surface area contributed by atoms with Gasteiger partial charge in [-0.1, -0.05) is 51.9 Å². The molecule has 2 nitrogen and oxygen atoms in total. The lowest BCUT2D eigenvalue weighted by Crippen LogP contribution is -2.41. The summed E-state index contributed by atoms with van der Waals surface area (Å²) in [5, 5.41) is 0. The zero-order chi connectivity index (χ0) is 12.8. The van der Waals surface area contributed by atoms with Gasteiger partial charge in [0.05, 0.1) is 12.2 Å². The molecular weight excluding hydrogens is 222 g/mol. The van der Waals surface area contributed by atoms with Crippen molar-refractivity contribution in [3.8, 4) is 0 Å². The molecule has 106 valence electrons. The first-order valence-corrected chi connectivity index (χ1v) is 8.20. The highest BCUT2D eigenvalue weighted by atomic mass is 16.5. The van der Waals surface area contributed by atoms with Gasteiger partial charge in [0, 0.05) is 6.04 Å². The Balaban J connectivity index is 1.81. The van der Waals surface area contributed by atoms with Crippen LogP contribution in [0.15, 0.2) is 0 Å². The molecule has 0 aliphatic heterocycles. The summed E-state index contributed by atoms with van der Waals surface area (Å²) in [6.07, 6.45) is 15.1. The molecule has 2 aliphatic carbocycles. The summed E-state index contributed by atoms with van der Waals surface area (Å²) >= 11 is 0. The Bertz CT molecular complexity index is 231. The van der Waals surface area contributed by atoms with Gasteiger partial charge in [0.1, 0.15) is 0 Å². The van der Waals surface area contributed by atoms with E-state index >= 15 is 0 Å². The molecule has 0 spiro atoms. The van der Waals surface area contributed by atoms with Crippen LogP contribution in [-0.4, -0.2) is 18.2 Å². The van der Waals surface area contributed by atoms with Crippen molar-refractivity contribution in [1.82, 2.24) is 0 Å². The van der Waals surface area contributed by atoms with Gasteiger partial charge in [-0.2, -0.15) is 0 Å². The minimum Gasteiger partial charge on any atom is -0.373 e. The molecule has 18 heavy (non-hydrogen) atoms. The van der Waals surface area contributed by atoms with Crippen LogP contribution in [0.2, 0.25) is 0 Å². The Morgan fingerprint density at radius 2 is 1.72 bits per heavy atom. The Kier molecular flexibility index (Phi) is 5.97. The molecule has 2 saturated carbocycles. The predicted molar refractivity (Wildman–Crippen MR) is 76.6 cm³/mol. The molecule has 2 aliphatic rings. The lowest BCUT2D eigenvalue weighted by atomic mass is 9.85. The molecule has 2 N–H and O–H groups in total. The molecule has 0 radical (unpaired) electrons. The van der Waals surface area contributed by atoms with E-state index in [1.807, 2.05) is 0 Å². The molecular formula is C16H31NO. The predicted octanol–water partition coefficient (Wildman–Crippen LogP) is 4.02. The highest BCUT2D eigenvalue weighted by molar-refractivity contribution is 4.80. The van der Waals surface area contributed by atoms with Crippen molar-refractivity contribution < 1.29 is 4.74 Å². The van der Waals surface area contributed by atoms with Crippen LogP contribution in [0, 0.1) is 5.92 Å². The molecule has 0 heterocycles. The standard InChI is InChI=1S/C16H31NO/c1-2-13-8-7-9-14(12-13)18-16-11-6-4-3-5-10-15(16)17/h13-16H,2-12,17H2,1H3. The van der Waals surface area contributed by atoms with E-state index in [0.29, 0.717) is 12.2 Å². The van der Waals surface area contributed by atoms with Crippen molar-refractivity contribution in [3.05, 3.63) is 0 Å². The number of ether oxygens (including phenoxy) is 1. The maximum atomic E-state index is 6.39. The van der Waals surface area contributed by atoms with Crippen LogP contribution in [0.3, 0.4) is 0 Å². The Labute approximate surface area is 113 Å². The molecule has 4 atom stereocenters. The van der Waals surface area contributed by atoms with Crippen molar-refractivity contribution in [2.24, 2.45) is 11.7 Å². The highest BCUT2D eigenvalue weighted by Gasteiger charge is 2.27. The quantitative estimate of drug-likeness (QED) is 0.824. The maximum absolute atomic E-state index is 6.39. The zero-order valence-corrected chi connectivity index (χ0v) is 12.1. The third-order valence-corrected chi connectivity index (χ3v) is 4.93. The van der Waals surface area contributed by atoms with Gasteiger partial charge in [-0.15, -0.1) is 0 Å². The van der Waals surface area contributed by atoms with Crippen LogP contribution in [-0.2, 0) is 4.74 Å². The van der Waals surface area contributed by atoms with E-state index in [9.17, 15) is 0 Å². The van der Waals surface area contributed by atoms with Crippen LogP contribution < -0.4 is 5.73 Å². The van der Waals surface area contributed by atoms with Crippen molar-refractivity contribution >= 4 is 0 Å². The van der Waals surface area contributed by atoms with Gasteiger partial charge in [-0.05, 0) is 31.6 Å². The van der Waals surface area contributed by atoms with E-state index in [2.05, 4.69) is 6.92 Å². The van der Waals surface area contributed by atoms with Crippen LogP contribution in [0.4, 0.5) is 0 Å². The first-order chi connectivity index (χ1) is 8.79. The fraction of sp³-hybridized carbons (Fsp3) is 1.00. The van der Waals surface area contributed by atoms with Gasteiger partial charge in [0.25, 0.3) is 0 Å². The van der Waals surface area contributed by atoms with Crippen molar-refractivity contribution in [1.29, 1.82) is 0 Å². The second kappa shape index (κ2) is 7.49. The normalized spacial score (nSPS) is 39.0. The molecule has 0 aromatic rings. The largest absolute Gasteiger partial charge is 0.373 e. The molecule has 2 rings (SSSR count). The van der Waals surface area contributed by atoms with Crippen LogP contribution in [0.1, 0.15) is 77.6 Å². The monoisotopic (exact) mass is 253 g/mol. The highest BCUT2D eigenvalue weighted by Crippen LogP contribution is 2.30. The fourth-order valence-electron chi connectivity index (χ4n) is 3.63. The van der Waals surface area contributed by atoms with Crippen LogP contribution >= 0.6 is 0 Å². The molecule has 2 heteroatoms. The third-order valence-electron chi connectivity index (χ3n) is 4.93. The molecule has 0 saturated heterocycles. The Hall–Kier alpha value is -0.0800. The Morgan fingerprint density at radius 1 is 0.944 bits per heavy atom. The van der Waals surface area contributed by atoms with Gasteiger partial charge >= 0.3 is 0 Å². The average Bonchev–Trinajstić information content (AvgIpc) is 2.39. The summed E-state index contributed by atoms with van der Waals surface area (Å²) in [5.41, 5.74) is 6.31. The van der Waals surface area contributed by atoms with Crippen LogP contribution in [0.5, 0.6) is 0 Å². The Morgan fingerprint density at radius 3 is 2.50 bits per heavy atom. The van der Waals surface area contributed by atoms with Crippen molar-refractivity contribution in [3.63, 3.8) is 0 Å². The molecule has 4 unspecified atom stereocenters. The molecule has 0 bridgehead atoms. The lowest BCUT2D eigenvalue weighted by molar-refractivity contribution is -0.0579. The molecule has 0 aromatic heterocycles. The summed E-state index contributed by atoms with van der Waals surface area (Å²) in [5.74, 6) is 0.897. The van der Waals surface area contributed by atoms with E-state index in [-0.39, 0.29) is 6.04 Å². The maximum Gasteiger partial charge on any atom is 0.0729 e. The number of hydrogen-bond acceptors (Lipinski definition) is 2. The summed E-state index contributed by atoms with van der Waals surface area (Å²) in [4.78, 5) is 0. The fourth-order valence-corrected chi connectivity index (χ4v) is 3.63. The SMILES string of the molecule is CCC1CCCC(OC2CCCCCCC2N)C1. The second-order valence-corrected chi connectivity index (χ2v) is 6.39. The number of hydrogen-bond donors (Lipinski definition) is 1. The lowest BCUT2D eigenvalue weighted by Gasteiger charge is -2.34. The average molecular weight is 253 g/mol. The van der Waals surface area contributed by atoms with Crippen molar-refractivity contribution in [2.45, 2.75) is 95.8 Å². The number of nitrogens with two attached hydrogens (primary N) is 1. The van der Waals surface area contributed by atoms with Gasteiger partial charge in [0.15, 0.2) is 0 Å². The molecule has 0 amide bonds. The van der Waals surface area contributed by atoms with E-state index in [4.69, 9.17) is 10.5 Å². The first kappa shape index (κ1) is 14.3. The minimum absolute atomic E-state index is 0.285. The summed E-state index contributed by atoms with van der Waals surface area (Å²) in [6, 6.07) is 0.285. The zero-order valence-electron chi connectivity index (χ0n) is 12.1. The van der Waals surface area contributed by atoms with E-state index in [1.165, 1.54) is 64.2 Å². The van der Waals surface area contributed by atoms with Gasteiger partial charge in [-0.25, -0.2) is 0 Å². The molecule has 0 aromatic carbocycles. The van der Waals surface area contributed by atoms with Gasteiger partial charge in [-0.3, -0.25) is 0 Å².